The molecular formula is C28H28N6OS. The largest absolute Gasteiger partial charge is 0.351 e. The Balaban J connectivity index is 1.58. The van der Waals surface area contributed by atoms with Crippen molar-refractivity contribution in [2.75, 3.05) is 10.2 Å². The molecule has 0 spiro atoms. The molecule has 7 nitrogen and oxygen atoms in total. The highest BCUT2D eigenvalue weighted by Gasteiger charge is 2.42. The molecule has 1 saturated heterocycles. The summed E-state index contributed by atoms with van der Waals surface area (Å²) in [5, 5.41) is 6.99. The van der Waals surface area contributed by atoms with E-state index in [0.717, 1.165) is 29.2 Å². The average molecular weight is 497 g/mol. The average Bonchev–Trinajstić information content (AvgIpc) is 3.36. The van der Waals surface area contributed by atoms with Gasteiger partial charge in [-0.3, -0.25) is 14.8 Å². The highest BCUT2D eigenvalue weighted by molar-refractivity contribution is 7.80. The van der Waals surface area contributed by atoms with Crippen LogP contribution >= 0.6 is 12.2 Å². The number of benzene rings is 1. The first-order chi connectivity index (χ1) is 17.4. The first-order valence-electron chi connectivity index (χ1n) is 11.9. The quantitative estimate of drug-likeness (QED) is 0.363. The van der Waals surface area contributed by atoms with Crippen LogP contribution in [-0.2, 0) is 11.3 Å². The van der Waals surface area contributed by atoms with Crippen molar-refractivity contribution in [3.05, 3.63) is 107 Å². The molecule has 1 aromatic carbocycles. The Hall–Kier alpha value is -4.04. The third-order valence-electron chi connectivity index (χ3n) is 6.56. The molecule has 0 saturated carbocycles. The number of carbonyl (C=O) groups is 1. The SMILES string of the molecule is CC(=O)Nc1ccc(N2C(=S)N[C@@H](c3ccccn3)[C@@H]2c2cc(C)n(Cc3cccnc3)c2C)cc1. The van der Waals surface area contributed by atoms with Crippen LogP contribution in [0.4, 0.5) is 11.4 Å². The van der Waals surface area contributed by atoms with E-state index >= 15 is 0 Å². The fraction of sp³-hybridized carbons (Fsp3) is 0.214. The molecule has 0 radical (unpaired) electrons. The summed E-state index contributed by atoms with van der Waals surface area (Å²) in [6.07, 6.45) is 5.51. The summed E-state index contributed by atoms with van der Waals surface area (Å²) in [5.41, 5.74) is 7.31. The number of amides is 1. The lowest BCUT2D eigenvalue weighted by Gasteiger charge is -2.28. The van der Waals surface area contributed by atoms with E-state index < -0.39 is 0 Å². The molecule has 0 unspecified atom stereocenters. The number of thiocarbonyl (C=S) groups is 1. The van der Waals surface area contributed by atoms with Crippen LogP contribution in [0.25, 0.3) is 0 Å². The highest BCUT2D eigenvalue weighted by atomic mass is 32.1. The molecule has 2 N–H and O–H groups in total. The van der Waals surface area contributed by atoms with Crippen LogP contribution in [-0.4, -0.2) is 25.6 Å². The predicted molar refractivity (Wildman–Crippen MR) is 146 cm³/mol. The van der Waals surface area contributed by atoms with Gasteiger partial charge in [-0.15, -0.1) is 0 Å². The van der Waals surface area contributed by atoms with Crippen LogP contribution in [0, 0.1) is 13.8 Å². The molecule has 36 heavy (non-hydrogen) atoms. The van der Waals surface area contributed by atoms with E-state index in [1.807, 2.05) is 60.9 Å². The highest BCUT2D eigenvalue weighted by Crippen LogP contribution is 2.43. The van der Waals surface area contributed by atoms with E-state index in [-0.39, 0.29) is 18.0 Å². The zero-order valence-electron chi connectivity index (χ0n) is 20.5. The van der Waals surface area contributed by atoms with E-state index in [4.69, 9.17) is 12.2 Å². The van der Waals surface area contributed by atoms with Crippen LogP contribution in [0.1, 0.15) is 47.2 Å². The Morgan fingerprint density at radius 2 is 1.89 bits per heavy atom. The summed E-state index contributed by atoms with van der Waals surface area (Å²) in [4.78, 5) is 22.6. The van der Waals surface area contributed by atoms with Gasteiger partial charge in [0, 0.05) is 54.8 Å². The Morgan fingerprint density at radius 1 is 1.08 bits per heavy atom. The zero-order chi connectivity index (χ0) is 25.2. The third-order valence-corrected chi connectivity index (χ3v) is 6.87. The van der Waals surface area contributed by atoms with Crippen molar-refractivity contribution in [3.8, 4) is 0 Å². The normalized spacial score (nSPS) is 17.2. The molecule has 8 heteroatoms. The number of aromatic nitrogens is 3. The number of pyridine rings is 2. The fourth-order valence-electron chi connectivity index (χ4n) is 4.90. The standard InChI is InChI=1S/C28H28N6OS/c1-18-15-24(19(2)33(18)17-21-7-6-13-29-16-21)27-26(25-8-4-5-14-30-25)32-28(36)34(27)23-11-9-22(10-12-23)31-20(3)35/h4-16,26-27H,17H2,1-3H3,(H,31,35)(H,32,36)/t26-,27-/m0/s1. The monoisotopic (exact) mass is 496 g/mol. The van der Waals surface area contributed by atoms with Gasteiger partial charge in [-0.05, 0) is 85.7 Å². The van der Waals surface area contributed by atoms with Crippen molar-refractivity contribution in [3.63, 3.8) is 0 Å². The van der Waals surface area contributed by atoms with Gasteiger partial charge in [-0.25, -0.2) is 0 Å². The molecule has 2 atom stereocenters. The van der Waals surface area contributed by atoms with E-state index in [9.17, 15) is 4.79 Å². The zero-order valence-corrected chi connectivity index (χ0v) is 21.3. The smallest absolute Gasteiger partial charge is 0.221 e. The van der Waals surface area contributed by atoms with Gasteiger partial charge < -0.3 is 20.1 Å². The first-order valence-corrected chi connectivity index (χ1v) is 12.3. The maximum Gasteiger partial charge on any atom is 0.221 e. The second-order valence-corrected chi connectivity index (χ2v) is 9.39. The van der Waals surface area contributed by atoms with Gasteiger partial charge in [0.05, 0.1) is 17.8 Å². The number of carbonyl (C=O) groups excluding carboxylic acids is 1. The van der Waals surface area contributed by atoms with Gasteiger partial charge >= 0.3 is 0 Å². The van der Waals surface area contributed by atoms with Gasteiger partial charge in [0.2, 0.25) is 5.91 Å². The van der Waals surface area contributed by atoms with Gasteiger partial charge in [-0.1, -0.05) is 12.1 Å². The van der Waals surface area contributed by atoms with E-state index in [0.29, 0.717) is 5.11 Å². The summed E-state index contributed by atoms with van der Waals surface area (Å²) in [7, 11) is 0. The van der Waals surface area contributed by atoms with E-state index in [1.165, 1.54) is 23.9 Å². The summed E-state index contributed by atoms with van der Waals surface area (Å²) < 4.78 is 2.32. The van der Waals surface area contributed by atoms with Gasteiger partial charge in [-0.2, -0.15) is 0 Å². The van der Waals surface area contributed by atoms with Crippen molar-refractivity contribution in [1.29, 1.82) is 0 Å². The molecule has 0 bridgehead atoms. The third kappa shape index (κ3) is 4.59. The Kier molecular flexibility index (Phi) is 6.52. The lowest BCUT2D eigenvalue weighted by molar-refractivity contribution is -0.114. The number of nitrogens with zero attached hydrogens (tertiary/aromatic N) is 4. The summed E-state index contributed by atoms with van der Waals surface area (Å²) >= 11 is 5.87. The van der Waals surface area contributed by atoms with Crippen molar-refractivity contribution < 1.29 is 4.79 Å². The number of aryl methyl sites for hydroxylation is 1. The predicted octanol–water partition coefficient (Wildman–Crippen LogP) is 5.08. The molecule has 1 aliphatic rings. The van der Waals surface area contributed by atoms with Crippen molar-refractivity contribution in [2.24, 2.45) is 0 Å². The van der Waals surface area contributed by atoms with Crippen LogP contribution in [0.3, 0.4) is 0 Å². The first kappa shape index (κ1) is 23.7. The van der Waals surface area contributed by atoms with E-state index in [2.05, 4.69) is 56.0 Å². The molecule has 1 fully saturated rings. The molecule has 1 amide bonds. The second-order valence-electron chi connectivity index (χ2n) is 9.00. The molecule has 5 rings (SSSR count). The number of hydrogen-bond donors (Lipinski definition) is 2. The minimum atomic E-state index is -0.124. The topological polar surface area (TPSA) is 75.1 Å². The van der Waals surface area contributed by atoms with E-state index in [1.54, 1.807) is 6.20 Å². The molecule has 4 aromatic rings. The maximum atomic E-state index is 11.5. The number of nitrogens with one attached hydrogen (secondary N) is 2. The molecule has 0 aliphatic carbocycles. The Labute approximate surface area is 216 Å². The summed E-state index contributed by atoms with van der Waals surface area (Å²) in [6.45, 7) is 6.54. The molecule has 3 aromatic heterocycles. The van der Waals surface area contributed by atoms with Crippen molar-refractivity contribution >= 4 is 34.6 Å². The number of anilines is 2. The van der Waals surface area contributed by atoms with Crippen molar-refractivity contribution in [2.45, 2.75) is 39.4 Å². The minimum Gasteiger partial charge on any atom is -0.351 e. The molecule has 182 valence electrons. The van der Waals surface area contributed by atoms with Gasteiger partial charge in [0.1, 0.15) is 0 Å². The Bertz CT molecular complexity index is 1390. The number of hydrogen-bond acceptors (Lipinski definition) is 4. The number of rotatable bonds is 6. The van der Waals surface area contributed by atoms with Gasteiger partial charge in [0.25, 0.3) is 0 Å². The van der Waals surface area contributed by atoms with Gasteiger partial charge in [0.15, 0.2) is 5.11 Å². The second kappa shape index (κ2) is 9.91. The fourth-order valence-corrected chi connectivity index (χ4v) is 5.25. The van der Waals surface area contributed by atoms with Crippen molar-refractivity contribution in [1.82, 2.24) is 19.9 Å². The lowest BCUT2D eigenvalue weighted by Crippen LogP contribution is -2.29. The molecular weight excluding hydrogens is 468 g/mol. The van der Waals surface area contributed by atoms with Crippen LogP contribution in [0.5, 0.6) is 0 Å². The van der Waals surface area contributed by atoms with Crippen LogP contribution < -0.4 is 15.5 Å². The Morgan fingerprint density at radius 3 is 2.56 bits per heavy atom. The summed E-state index contributed by atoms with van der Waals surface area (Å²) in [5.74, 6) is -0.102. The van der Waals surface area contributed by atoms with Crippen LogP contribution in [0.2, 0.25) is 0 Å². The van der Waals surface area contributed by atoms with Crippen LogP contribution in [0.15, 0.2) is 79.3 Å². The minimum absolute atomic E-state index is 0.102. The summed E-state index contributed by atoms with van der Waals surface area (Å²) in [6, 6.07) is 19.8. The molecule has 1 aliphatic heterocycles. The maximum absolute atomic E-state index is 11.5. The molecule has 4 heterocycles. The lowest BCUT2D eigenvalue weighted by atomic mass is 9.96.